The maximum atomic E-state index is 13.1. The Bertz CT molecular complexity index is 1500. The molecule has 2 N–H and O–H groups in total. The van der Waals surface area contributed by atoms with Gasteiger partial charge in [-0.05, 0) is 54.4 Å². The highest BCUT2D eigenvalue weighted by molar-refractivity contribution is 6.46. The molecule has 1 saturated heterocycles. The van der Waals surface area contributed by atoms with Gasteiger partial charge in [-0.3, -0.25) is 19.7 Å². The van der Waals surface area contributed by atoms with Crippen molar-refractivity contribution in [3.05, 3.63) is 99.6 Å². The number of nitro groups is 1. The highest BCUT2D eigenvalue weighted by Crippen LogP contribution is 2.40. The van der Waals surface area contributed by atoms with Crippen molar-refractivity contribution in [3.8, 4) is 5.75 Å². The molecule has 4 aromatic rings. The first-order valence-corrected chi connectivity index (χ1v) is 11.1. The van der Waals surface area contributed by atoms with Crippen LogP contribution in [0.1, 0.15) is 22.9 Å². The Kier molecular flexibility index (Phi) is 5.77. The fourth-order valence-electron chi connectivity index (χ4n) is 4.48. The zero-order valence-corrected chi connectivity index (χ0v) is 19.1. The topological polar surface area (TPSA) is 139 Å². The largest absolute Gasteiger partial charge is 0.507 e. The first-order chi connectivity index (χ1) is 17.4. The number of aliphatic hydroxyl groups is 1. The number of ketones is 1. The van der Waals surface area contributed by atoms with Gasteiger partial charge >= 0.3 is 0 Å². The smallest absolute Gasteiger partial charge is 0.295 e. The molecule has 1 atom stereocenters. The number of carbonyl (C=O) groups is 2. The van der Waals surface area contributed by atoms with Crippen LogP contribution in [-0.2, 0) is 16.0 Å². The Labute approximate surface area is 204 Å². The Morgan fingerprint density at radius 1 is 1.19 bits per heavy atom. The van der Waals surface area contributed by atoms with Gasteiger partial charge in [-0.15, -0.1) is 0 Å². The third-order valence-corrected chi connectivity index (χ3v) is 6.30. The van der Waals surface area contributed by atoms with E-state index in [9.17, 15) is 24.8 Å². The van der Waals surface area contributed by atoms with Gasteiger partial charge in [-0.2, -0.15) is 0 Å². The molecular weight excluding hydrogens is 466 g/mol. The van der Waals surface area contributed by atoms with Gasteiger partial charge in [0.05, 0.1) is 23.9 Å². The van der Waals surface area contributed by atoms with Crippen LogP contribution in [0.5, 0.6) is 5.75 Å². The number of fused-ring (bicyclic) bond motifs is 1. The molecule has 2 aromatic heterocycles. The number of Topliss-reactive ketones (excluding diaryl/α,β-unsaturated/α-hetero) is 1. The summed E-state index contributed by atoms with van der Waals surface area (Å²) in [4.78, 5) is 41.2. The number of hydrogen-bond donors (Lipinski definition) is 2. The molecule has 182 valence electrons. The van der Waals surface area contributed by atoms with E-state index in [4.69, 9.17) is 9.15 Å². The lowest BCUT2D eigenvalue weighted by molar-refractivity contribution is -0.384. The van der Waals surface area contributed by atoms with Gasteiger partial charge < -0.3 is 24.1 Å². The zero-order chi connectivity index (χ0) is 25.4. The number of likely N-dealkylation sites (tertiary alicyclic amines) is 1. The van der Waals surface area contributed by atoms with E-state index in [1.165, 1.54) is 35.4 Å². The second kappa shape index (κ2) is 9.06. The van der Waals surface area contributed by atoms with Crippen LogP contribution < -0.4 is 4.74 Å². The van der Waals surface area contributed by atoms with Gasteiger partial charge in [0.2, 0.25) is 0 Å². The highest BCUT2D eigenvalue weighted by Gasteiger charge is 2.47. The maximum Gasteiger partial charge on any atom is 0.295 e. The van der Waals surface area contributed by atoms with E-state index in [0.717, 1.165) is 16.5 Å². The predicted octanol–water partition coefficient (Wildman–Crippen LogP) is 4.34. The molecule has 1 aliphatic heterocycles. The molecule has 0 radical (unpaired) electrons. The fraction of sp³-hybridized carbons (Fsp3) is 0.154. The molecule has 10 heteroatoms. The lowest BCUT2D eigenvalue weighted by atomic mass is 9.99. The number of aromatic amines is 1. The molecule has 3 heterocycles. The van der Waals surface area contributed by atoms with Gasteiger partial charge in [0.15, 0.2) is 0 Å². The van der Waals surface area contributed by atoms with Gasteiger partial charge in [0, 0.05) is 41.3 Å². The van der Waals surface area contributed by atoms with Crippen molar-refractivity contribution in [1.29, 1.82) is 0 Å². The van der Waals surface area contributed by atoms with Crippen LogP contribution in [0, 0.1) is 10.1 Å². The second-order valence-corrected chi connectivity index (χ2v) is 8.29. The average molecular weight is 487 g/mol. The molecule has 0 spiro atoms. The number of aliphatic hydroxyl groups excluding tert-OH is 1. The van der Waals surface area contributed by atoms with Gasteiger partial charge in [0.25, 0.3) is 17.4 Å². The minimum Gasteiger partial charge on any atom is -0.507 e. The molecular formula is C26H21N3O7. The number of amides is 1. The summed E-state index contributed by atoms with van der Waals surface area (Å²) >= 11 is 0. The van der Waals surface area contributed by atoms with E-state index >= 15 is 0 Å². The Morgan fingerprint density at radius 3 is 2.64 bits per heavy atom. The number of benzene rings is 2. The lowest BCUT2D eigenvalue weighted by Crippen LogP contribution is -2.31. The zero-order valence-electron chi connectivity index (χ0n) is 19.1. The van der Waals surface area contributed by atoms with Crippen LogP contribution in [0.2, 0.25) is 0 Å². The number of ether oxygens (including phenoxy) is 1. The van der Waals surface area contributed by atoms with Crippen molar-refractivity contribution in [2.45, 2.75) is 12.5 Å². The molecule has 10 nitrogen and oxygen atoms in total. The Balaban J connectivity index is 1.51. The van der Waals surface area contributed by atoms with Crippen LogP contribution in [0.25, 0.3) is 16.7 Å². The van der Waals surface area contributed by atoms with E-state index < -0.39 is 28.4 Å². The predicted molar refractivity (Wildman–Crippen MR) is 129 cm³/mol. The molecule has 1 aliphatic rings. The maximum absolute atomic E-state index is 13.1. The van der Waals surface area contributed by atoms with E-state index in [1.807, 2.05) is 24.4 Å². The van der Waals surface area contributed by atoms with E-state index in [2.05, 4.69) is 4.98 Å². The summed E-state index contributed by atoms with van der Waals surface area (Å²) in [6.07, 6.45) is 3.70. The van der Waals surface area contributed by atoms with Crippen LogP contribution in [0.15, 0.2) is 77.0 Å². The monoisotopic (exact) mass is 487 g/mol. The molecule has 36 heavy (non-hydrogen) atoms. The number of nitro benzene ring substituents is 1. The number of aromatic nitrogens is 1. The number of non-ortho nitro benzene ring substituents is 1. The van der Waals surface area contributed by atoms with E-state index in [-0.39, 0.29) is 23.4 Å². The fourth-order valence-corrected chi connectivity index (χ4v) is 4.48. The molecule has 0 aliphatic carbocycles. The Morgan fingerprint density at radius 2 is 1.97 bits per heavy atom. The minimum atomic E-state index is -0.949. The number of carbonyl (C=O) groups excluding carboxylic acids is 2. The van der Waals surface area contributed by atoms with E-state index in [0.29, 0.717) is 17.9 Å². The third-order valence-electron chi connectivity index (χ3n) is 6.30. The summed E-state index contributed by atoms with van der Waals surface area (Å²) < 4.78 is 10.9. The van der Waals surface area contributed by atoms with Crippen molar-refractivity contribution in [2.75, 3.05) is 13.7 Å². The molecule has 1 amide bonds. The minimum absolute atomic E-state index is 0.135. The summed E-state index contributed by atoms with van der Waals surface area (Å²) in [6, 6.07) is 13.1. The van der Waals surface area contributed by atoms with Crippen molar-refractivity contribution >= 4 is 34.0 Å². The highest BCUT2D eigenvalue weighted by atomic mass is 16.6. The van der Waals surface area contributed by atoms with Gasteiger partial charge in [-0.1, -0.05) is 0 Å². The lowest BCUT2D eigenvalue weighted by Gasteiger charge is -2.23. The van der Waals surface area contributed by atoms with Crippen molar-refractivity contribution < 1.29 is 28.8 Å². The molecule has 0 unspecified atom stereocenters. The van der Waals surface area contributed by atoms with Crippen LogP contribution in [0.4, 0.5) is 5.69 Å². The first-order valence-electron chi connectivity index (χ1n) is 11.1. The normalized spacial score (nSPS) is 17.1. The summed E-state index contributed by atoms with van der Waals surface area (Å²) in [7, 11) is 1.58. The van der Waals surface area contributed by atoms with Crippen molar-refractivity contribution in [2.24, 2.45) is 0 Å². The van der Waals surface area contributed by atoms with Crippen molar-refractivity contribution in [1.82, 2.24) is 9.88 Å². The van der Waals surface area contributed by atoms with Gasteiger partial charge in [0.1, 0.15) is 23.3 Å². The van der Waals surface area contributed by atoms with Crippen molar-refractivity contribution in [3.63, 3.8) is 0 Å². The molecule has 2 aromatic carbocycles. The average Bonchev–Trinajstić information content (AvgIpc) is 3.61. The standard InChI is InChI=1S/C26H21N3O7/c1-35-18-8-9-20-19(13-18)16(14-27-20)10-11-28-23(21-3-2-12-36-21)22(25(31)26(28)32)24(30)15-4-6-17(7-5-15)29(33)34/h2-9,12-14,23,27,30H,10-11H2,1H3/t23-/m1/s1. The molecule has 0 bridgehead atoms. The number of rotatable bonds is 7. The Hall–Kier alpha value is -4.86. The second-order valence-electron chi connectivity index (χ2n) is 8.29. The summed E-state index contributed by atoms with van der Waals surface area (Å²) in [5.74, 6) is -1.03. The number of nitrogens with one attached hydrogen (secondary N) is 1. The number of furan rings is 1. The number of hydrogen-bond acceptors (Lipinski definition) is 7. The summed E-state index contributed by atoms with van der Waals surface area (Å²) in [5, 5.41) is 22.9. The van der Waals surface area contributed by atoms with E-state index in [1.54, 1.807) is 19.2 Å². The summed E-state index contributed by atoms with van der Waals surface area (Å²) in [5.41, 5.74) is 1.72. The number of methoxy groups -OCH3 is 1. The summed E-state index contributed by atoms with van der Waals surface area (Å²) in [6.45, 7) is 0.178. The quantitative estimate of drug-likeness (QED) is 0.130. The molecule has 1 fully saturated rings. The first kappa shape index (κ1) is 22.9. The number of nitrogens with zero attached hydrogens (tertiary/aromatic N) is 2. The molecule has 0 saturated carbocycles. The van der Waals surface area contributed by atoms with Crippen LogP contribution >= 0.6 is 0 Å². The number of H-pyrrole nitrogens is 1. The third kappa shape index (κ3) is 3.88. The SMILES string of the molecule is COc1ccc2[nH]cc(CCN3C(=O)C(=O)C(=C(O)c4ccc([N+](=O)[O-])cc4)[C@H]3c3ccco3)c2c1. The molecule has 5 rings (SSSR count). The van der Waals surface area contributed by atoms with Gasteiger partial charge in [-0.25, -0.2) is 0 Å². The van der Waals surface area contributed by atoms with Crippen LogP contribution in [0.3, 0.4) is 0 Å². The van der Waals surface area contributed by atoms with Crippen LogP contribution in [-0.4, -0.2) is 45.3 Å².